The van der Waals surface area contributed by atoms with E-state index in [0.717, 1.165) is 23.8 Å². The average Bonchev–Trinajstić information content (AvgIpc) is 2.71. The molecule has 0 spiro atoms. The molecular formula is C21H37IN4O2. The Morgan fingerprint density at radius 1 is 1.14 bits per heavy atom. The molecule has 2 N–H and O–H groups in total. The van der Waals surface area contributed by atoms with Gasteiger partial charge in [0, 0.05) is 31.2 Å². The number of halogens is 1. The van der Waals surface area contributed by atoms with Gasteiger partial charge in [-0.25, -0.2) is 0 Å². The van der Waals surface area contributed by atoms with Gasteiger partial charge in [0.2, 0.25) is 0 Å². The molecule has 0 saturated carbocycles. The molecule has 0 unspecified atom stereocenters. The van der Waals surface area contributed by atoms with Crippen LogP contribution in [0.25, 0.3) is 0 Å². The Bertz CT molecular complexity index is 590. The van der Waals surface area contributed by atoms with Gasteiger partial charge in [-0.2, -0.15) is 0 Å². The number of hydrogen-bond acceptors (Lipinski definition) is 4. The number of aliphatic imine (C=N–C) groups is 1. The molecule has 2 rings (SSSR count). The summed E-state index contributed by atoms with van der Waals surface area (Å²) in [4.78, 5) is 6.90. The van der Waals surface area contributed by atoms with Crippen LogP contribution in [0.1, 0.15) is 38.7 Å². The molecule has 0 radical (unpaired) electrons. The highest BCUT2D eigenvalue weighted by atomic mass is 127. The number of nitrogens with zero attached hydrogens (tertiary/aromatic N) is 2. The second kappa shape index (κ2) is 13.2. The minimum atomic E-state index is 0. The molecule has 0 amide bonds. The maximum atomic E-state index is 5.76. The van der Waals surface area contributed by atoms with Gasteiger partial charge >= 0.3 is 0 Å². The lowest BCUT2D eigenvalue weighted by atomic mass is 9.98. The first-order valence-corrected chi connectivity index (χ1v) is 9.96. The lowest BCUT2D eigenvalue weighted by Gasteiger charge is -2.41. The van der Waals surface area contributed by atoms with Gasteiger partial charge in [0.05, 0.1) is 20.3 Å². The molecule has 28 heavy (non-hydrogen) atoms. The SMILES string of the molecule is CN=C(NCCOCc1ccccc1OC)NCC(C)(C)N1CCCCC1.I. The molecule has 1 heterocycles. The fraction of sp³-hybridized carbons (Fsp3) is 0.667. The fourth-order valence-electron chi connectivity index (χ4n) is 3.38. The van der Waals surface area contributed by atoms with E-state index in [1.807, 2.05) is 24.3 Å². The molecule has 160 valence electrons. The number of guanidine groups is 1. The van der Waals surface area contributed by atoms with Crippen LogP contribution >= 0.6 is 24.0 Å². The normalized spacial score (nSPS) is 15.6. The summed E-state index contributed by atoms with van der Waals surface area (Å²) in [6, 6.07) is 7.93. The van der Waals surface area contributed by atoms with Crippen LogP contribution < -0.4 is 15.4 Å². The van der Waals surface area contributed by atoms with Gasteiger partial charge in [-0.3, -0.25) is 9.89 Å². The minimum Gasteiger partial charge on any atom is -0.496 e. The van der Waals surface area contributed by atoms with Crippen molar-refractivity contribution in [2.75, 3.05) is 46.9 Å². The summed E-state index contributed by atoms with van der Waals surface area (Å²) >= 11 is 0. The molecule has 0 aliphatic carbocycles. The van der Waals surface area contributed by atoms with Crippen molar-refractivity contribution in [1.82, 2.24) is 15.5 Å². The van der Waals surface area contributed by atoms with Crippen LogP contribution in [0.15, 0.2) is 29.3 Å². The number of ether oxygens (including phenoxy) is 2. The highest BCUT2D eigenvalue weighted by Gasteiger charge is 2.27. The van der Waals surface area contributed by atoms with Gasteiger partial charge in [-0.15, -0.1) is 24.0 Å². The third-order valence-corrected chi connectivity index (χ3v) is 5.11. The van der Waals surface area contributed by atoms with E-state index in [2.05, 4.69) is 34.4 Å². The Morgan fingerprint density at radius 2 is 1.86 bits per heavy atom. The molecule has 1 aliphatic rings. The molecular weight excluding hydrogens is 467 g/mol. The summed E-state index contributed by atoms with van der Waals surface area (Å²) in [6.07, 6.45) is 3.97. The van der Waals surface area contributed by atoms with Crippen molar-refractivity contribution < 1.29 is 9.47 Å². The minimum absolute atomic E-state index is 0. The molecule has 0 bridgehead atoms. The summed E-state index contributed by atoms with van der Waals surface area (Å²) in [5, 5.41) is 6.78. The molecule has 1 aliphatic heterocycles. The summed E-state index contributed by atoms with van der Waals surface area (Å²) in [6.45, 7) is 9.71. The largest absolute Gasteiger partial charge is 0.496 e. The topological polar surface area (TPSA) is 58.1 Å². The average molecular weight is 504 g/mol. The van der Waals surface area contributed by atoms with Gasteiger partial charge in [0.15, 0.2) is 5.96 Å². The van der Waals surface area contributed by atoms with Crippen LogP contribution in [-0.2, 0) is 11.3 Å². The quantitative estimate of drug-likeness (QED) is 0.234. The third kappa shape index (κ3) is 8.13. The van der Waals surface area contributed by atoms with E-state index < -0.39 is 0 Å². The van der Waals surface area contributed by atoms with Crippen molar-refractivity contribution in [3.05, 3.63) is 29.8 Å². The molecule has 7 heteroatoms. The first-order chi connectivity index (χ1) is 13.1. The van der Waals surface area contributed by atoms with Gasteiger partial charge < -0.3 is 20.1 Å². The zero-order valence-electron chi connectivity index (χ0n) is 17.8. The van der Waals surface area contributed by atoms with E-state index in [4.69, 9.17) is 9.47 Å². The summed E-state index contributed by atoms with van der Waals surface area (Å²) in [5.41, 5.74) is 1.18. The Balaban J connectivity index is 0.00000392. The number of likely N-dealkylation sites (tertiary alicyclic amines) is 1. The van der Waals surface area contributed by atoms with Gasteiger partial charge in [-0.1, -0.05) is 24.6 Å². The Labute approximate surface area is 187 Å². The number of nitrogens with one attached hydrogen (secondary N) is 2. The van der Waals surface area contributed by atoms with E-state index >= 15 is 0 Å². The molecule has 0 atom stereocenters. The molecule has 1 aromatic rings. The van der Waals surface area contributed by atoms with Crippen molar-refractivity contribution in [1.29, 1.82) is 0 Å². The molecule has 0 aromatic heterocycles. The number of para-hydroxylation sites is 1. The maximum absolute atomic E-state index is 5.76. The van der Waals surface area contributed by atoms with Crippen LogP contribution in [0, 0.1) is 0 Å². The molecule has 6 nitrogen and oxygen atoms in total. The van der Waals surface area contributed by atoms with E-state index in [1.165, 1.54) is 32.4 Å². The van der Waals surface area contributed by atoms with Crippen LogP contribution in [0.5, 0.6) is 5.75 Å². The number of rotatable bonds is 9. The van der Waals surface area contributed by atoms with Crippen molar-refractivity contribution >= 4 is 29.9 Å². The van der Waals surface area contributed by atoms with Crippen molar-refractivity contribution in [2.24, 2.45) is 4.99 Å². The van der Waals surface area contributed by atoms with Crippen LogP contribution in [0.2, 0.25) is 0 Å². The standard InChI is InChI=1S/C21H36N4O2.HI/c1-21(2,25-13-8-5-9-14-25)17-24-20(22-3)23-12-15-27-16-18-10-6-7-11-19(18)26-4;/h6-7,10-11H,5,8-9,12-17H2,1-4H3,(H2,22,23,24);1H. The van der Waals surface area contributed by atoms with E-state index in [-0.39, 0.29) is 29.5 Å². The second-order valence-corrected chi connectivity index (χ2v) is 7.58. The molecule has 1 aromatic carbocycles. The zero-order chi connectivity index (χ0) is 19.5. The summed E-state index contributed by atoms with van der Waals surface area (Å²) < 4.78 is 11.1. The van der Waals surface area contributed by atoms with Crippen LogP contribution in [0.4, 0.5) is 0 Å². The predicted molar refractivity (Wildman–Crippen MR) is 127 cm³/mol. The monoisotopic (exact) mass is 504 g/mol. The Hall–Kier alpha value is -1.06. The first kappa shape index (κ1) is 25.0. The highest BCUT2D eigenvalue weighted by molar-refractivity contribution is 14.0. The fourth-order valence-corrected chi connectivity index (χ4v) is 3.38. The number of hydrogen-bond donors (Lipinski definition) is 2. The summed E-state index contributed by atoms with van der Waals surface area (Å²) in [5.74, 6) is 1.68. The van der Waals surface area contributed by atoms with Gasteiger partial charge in [0.1, 0.15) is 5.75 Å². The first-order valence-electron chi connectivity index (χ1n) is 9.96. The van der Waals surface area contributed by atoms with E-state index in [9.17, 15) is 0 Å². The van der Waals surface area contributed by atoms with Crippen LogP contribution in [0.3, 0.4) is 0 Å². The smallest absolute Gasteiger partial charge is 0.191 e. The summed E-state index contributed by atoms with van der Waals surface area (Å²) in [7, 11) is 3.49. The zero-order valence-corrected chi connectivity index (χ0v) is 20.1. The van der Waals surface area contributed by atoms with Crippen molar-refractivity contribution in [2.45, 2.75) is 45.3 Å². The van der Waals surface area contributed by atoms with E-state index in [0.29, 0.717) is 19.8 Å². The molecule has 1 saturated heterocycles. The van der Waals surface area contributed by atoms with Crippen molar-refractivity contribution in [3.8, 4) is 5.75 Å². The second-order valence-electron chi connectivity index (χ2n) is 7.58. The number of benzene rings is 1. The Morgan fingerprint density at radius 3 is 2.54 bits per heavy atom. The van der Waals surface area contributed by atoms with Gasteiger partial charge in [-0.05, 0) is 45.8 Å². The predicted octanol–water partition coefficient (Wildman–Crippen LogP) is 3.26. The van der Waals surface area contributed by atoms with E-state index in [1.54, 1.807) is 14.2 Å². The number of piperidine rings is 1. The lowest BCUT2D eigenvalue weighted by molar-refractivity contribution is 0.0980. The Kier molecular flexibility index (Phi) is 11.8. The third-order valence-electron chi connectivity index (χ3n) is 5.11. The lowest BCUT2D eigenvalue weighted by Crippen LogP contribution is -2.55. The molecule has 1 fully saturated rings. The van der Waals surface area contributed by atoms with Gasteiger partial charge in [0.25, 0.3) is 0 Å². The number of methoxy groups -OCH3 is 1. The maximum Gasteiger partial charge on any atom is 0.191 e. The van der Waals surface area contributed by atoms with Crippen LogP contribution in [-0.4, -0.2) is 63.3 Å². The highest BCUT2D eigenvalue weighted by Crippen LogP contribution is 2.20. The van der Waals surface area contributed by atoms with Crippen molar-refractivity contribution in [3.63, 3.8) is 0 Å².